The van der Waals surface area contributed by atoms with E-state index in [0.717, 1.165) is 30.7 Å². The van der Waals surface area contributed by atoms with Gasteiger partial charge in [-0.3, -0.25) is 9.59 Å². The molecule has 3 fully saturated rings. The number of cyclic esters (lactones) is 1. The monoisotopic (exact) mass is 509 g/mol. The molecule has 2 aliphatic heterocycles. The number of aliphatic hydroxyl groups is 2. The van der Waals surface area contributed by atoms with Crippen molar-refractivity contribution in [3.63, 3.8) is 0 Å². The summed E-state index contributed by atoms with van der Waals surface area (Å²) in [5.74, 6) is -2.32. The van der Waals surface area contributed by atoms with Gasteiger partial charge in [-0.25, -0.2) is 9.37 Å². The summed E-state index contributed by atoms with van der Waals surface area (Å²) >= 11 is 1.40. The van der Waals surface area contributed by atoms with E-state index >= 15 is 4.39 Å². The maximum Gasteiger partial charge on any atom is 0.309 e. The lowest BCUT2D eigenvalue weighted by molar-refractivity contribution is -0.162. The number of halogens is 1. The van der Waals surface area contributed by atoms with Crippen LogP contribution in [-0.4, -0.2) is 57.5 Å². The molecule has 7 unspecified atom stereocenters. The number of aryl methyl sites for hydroxylation is 1. The van der Waals surface area contributed by atoms with E-state index in [0.29, 0.717) is 18.5 Å². The third-order valence-corrected chi connectivity index (χ3v) is 8.82. The van der Waals surface area contributed by atoms with Gasteiger partial charge in [-0.1, -0.05) is 26.7 Å². The fourth-order valence-electron chi connectivity index (χ4n) is 5.52. The highest BCUT2D eigenvalue weighted by Gasteiger charge is 2.53. The van der Waals surface area contributed by atoms with E-state index < -0.39 is 47.9 Å². The average molecular weight is 510 g/mol. The minimum atomic E-state index is -1.24. The first-order valence-corrected chi connectivity index (χ1v) is 13.5. The Bertz CT molecular complexity index is 959. The van der Waals surface area contributed by atoms with Gasteiger partial charge in [0.05, 0.1) is 47.0 Å². The van der Waals surface area contributed by atoms with Crippen LogP contribution in [0.3, 0.4) is 0 Å². The minimum Gasteiger partial charge on any atom is -0.455 e. The van der Waals surface area contributed by atoms with Crippen LogP contribution in [0.5, 0.6) is 0 Å². The largest absolute Gasteiger partial charge is 0.455 e. The van der Waals surface area contributed by atoms with Crippen molar-refractivity contribution in [1.29, 1.82) is 0 Å². The quantitative estimate of drug-likeness (QED) is 0.456. The van der Waals surface area contributed by atoms with Crippen molar-refractivity contribution >= 4 is 29.2 Å². The molecule has 7 nitrogen and oxygen atoms in total. The van der Waals surface area contributed by atoms with E-state index in [1.165, 1.54) is 17.4 Å². The number of carbonyl (C=O) groups excluding carboxylic acids is 2. The smallest absolute Gasteiger partial charge is 0.309 e. The second-order valence-electron chi connectivity index (χ2n) is 10.5. The molecule has 4 rings (SSSR count). The Kier molecular flexibility index (Phi) is 8.10. The van der Waals surface area contributed by atoms with Crippen LogP contribution in [0.15, 0.2) is 11.2 Å². The van der Waals surface area contributed by atoms with Crippen LogP contribution in [0.2, 0.25) is 0 Å². The first-order valence-electron chi connectivity index (χ1n) is 12.7. The summed E-state index contributed by atoms with van der Waals surface area (Å²) in [7, 11) is 0. The molecule has 1 aromatic rings. The zero-order valence-electron chi connectivity index (χ0n) is 20.6. The summed E-state index contributed by atoms with van der Waals surface area (Å²) in [4.78, 5) is 30.5. The van der Waals surface area contributed by atoms with Crippen LogP contribution in [0.1, 0.15) is 75.9 Å². The number of thiazole rings is 1. The van der Waals surface area contributed by atoms with E-state index in [1.807, 2.05) is 13.8 Å². The second kappa shape index (κ2) is 10.7. The lowest BCUT2D eigenvalue weighted by atomic mass is 9.58. The molecular weight excluding hydrogens is 473 g/mol. The van der Waals surface area contributed by atoms with Crippen molar-refractivity contribution in [1.82, 2.24) is 4.98 Å². The van der Waals surface area contributed by atoms with Crippen LogP contribution < -0.4 is 0 Å². The molecule has 9 heteroatoms. The summed E-state index contributed by atoms with van der Waals surface area (Å²) in [6, 6.07) is 0. The molecule has 3 heterocycles. The van der Waals surface area contributed by atoms with Crippen molar-refractivity contribution in [3.05, 3.63) is 21.9 Å². The predicted octanol–water partition coefficient (Wildman–Crippen LogP) is 4.14. The predicted molar refractivity (Wildman–Crippen MR) is 129 cm³/mol. The highest BCUT2D eigenvalue weighted by Crippen LogP contribution is 2.48. The average Bonchev–Trinajstić information content (AvgIpc) is 3.38. The summed E-state index contributed by atoms with van der Waals surface area (Å²) in [6.07, 6.45) is 1.55. The number of fused-ring (bicyclic) bond motifs is 1. The molecule has 0 radical (unpaired) electrons. The van der Waals surface area contributed by atoms with Crippen molar-refractivity contribution in [2.75, 3.05) is 0 Å². The normalized spacial score (nSPS) is 36.9. The van der Waals surface area contributed by atoms with Gasteiger partial charge in [-0.2, -0.15) is 0 Å². The molecule has 1 aliphatic carbocycles. The van der Waals surface area contributed by atoms with E-state index in [2.05, 4.69) is 4.98 Å². The number of rotatable bonds is 2. The molecule has 1 saturated carbocycles. The zero-order valence-corrected chi connectivity index (χ0v) is 21.4. The van der Waals surface area contributed by atoms with Gasteiger partial charge < -0.3 is 19.7 Å². The Morgan fingerprint density at radius 1 is 1.20 bits per heavy atom. The standard InChI is InChI=1S/C26H36FNO6S/c1-14-6-4-7-19-21(33-19)11-20(18(27)10-17-13-35-16(3)28-17)34-23(30)12-22(29)26(8-5-9-26)25(32)15(2)24(14)31/h10,13-15,19-22,24,29,31H,4-9,11-12H2,1-3H3/b18-10-. The molecule has 35 heavy (non-hydrogen) atoms. The van der Waals surface area contributed by atoms with Crippen LogP contribution in [0.4, 0.5) is 4.39 Å². The molecule has 1 aromatic heterocycles. The number of carbonyl (C=O) groups is 2. The number of ketones is 1. The molecule has 194 valence electrons. The summed E-state index contributed by atoms with van der Waals surface area (Å²) in [5.41, 5.74) is -0.606. The molecular formula is C26H36FNO6S. The molecule has 2 saturated heterocycles. The first-order chi connectivity index (χ1) is 16.6. The Balaban J connectivity index is 1.55. The Morgan fingerprint density at radius 3 is 2.57 bits per heavy atom. The fraction of sp³-hybridized carbons (Fsp3) is 0.731. The van der Waals surface area contributed by atoms with Crippen LogP contribution in [0, 0.1) is 24.2 Å². The molecule has 1 spiro atoms. The number of nitrogens with zero attached hydrogens (tertiary/aromatic N) is 1. The number of hydrogen-bond acceptors (Lipinski definition) is 8. The van der Waals surface area contributed by atoms with Gasteiger partial charge in [-0.15, -0.1) is 11.3 Å². The topological polar surface area (TPSA) is 109 Å². The number of aliphatic hydroxyl groups excluding tert-OH is 2. The van der Waals surface area contributed by atoms with Crippen molar-refractivity contribution in [3.8, 4) is 0 Å². The number of aromatic nitrogens is 1. The molecule has 0 amide bonds. The Morgan fingerprint density at radius 2 is 1.94 bits per heavy atom. The lowest BCUT2D eigenvalue weighted by Gasteiger charge is -2.46. The van der Waals surface area contributed by atoms with Gasteiger partial charge in [0.15, 0.2) is 6.10 Å². The third kappa shape index (κ3) is 5.84. The second-order valence-corrected chi connectivity index (χ2v) is 11.6. The Labute approximate surface area is 209 Å². The van der Waals surface area contributed by atoms with Gasteiger partial charge >= 0.3 is 5.97 Å². The van der Waals surface area contributed by atoms with Crippen molar-refractivity contribution in [2.45, 2.75) is 103 Å². The van der Waals surface area contributed by atoms with Gasteiger partial charge in [-0.05, 0) is 44.6 Å². The summed E-state index contributed by atoms with van der Waals surface area (Å²) in [6.45, 7) is 5.46. The van der Waals surface area contributed by atoms with E-state index in [1.54, 1.807) is 12.3 Å². The molecule has 0 bridgehead atoms. The van der Waals surface area contributed by atoms with Crippen molar-refractivity contribution < 1.29 is 33.7 Å². The van der Waals surface area contributed by atoms with E-state index in [-0.39, 0.29) is 30.3 Å². The molecule has 3 aliphatic rings. The zero-order chi connectivity index (χ0) is 25.3. The van der Waals surface area contributed by atoms with E-state index in [4.69, 9.17) is 9.47 Å². The van der Waals surface area contributed by atoms with E-state index in [9.17, 15) is 19.8 Å². The molecule has 2 N–H and O–H groups in total. The summed E-state index contributed by atoms with van der Waals surface area (Å²) in [5, 5.41) is 24.3. The maximum atomic E-state index is 15.2. The van der Waals surface area contributed by atoms with Crippen LogP contribution in [0.25, 0.3) is 6.08 Å². The number of ether oxygens (including phenoxy) is 2. The molecule has 0 aromatic carbocycles. The lowest BCUT2D eigenvalue weighted by Crippen LogP contribution is -2.53. The first kappa shape index (κ1) is 26.4. The van der Waals surface area contributed by atoms with Gasteiger partial charge in [0, 0.05) is 17.7 Å². The highest BCUT2D eigenvalue weighted by molar-refractivity contribution is 7.09. The van der Waals surface area contributed by atoms with Gasteiger partial charge in [0.25, 0.3) is 0 Å². The van der Waals surface area contributed by atoms with Crippen molar-refractivity contribution in [2.24, 2.45) is 17.3 Å². The number of Topliss-reactive ketones (excluding diaryl/α,β-unsaturated/α-hetero) is 1. The SMILES string of the molecule is Cc1nc(/C=C(\F)C2CC3OC3CCCC(C)C(O)C(C)C(=O)C3(CCC3)C(O)CC(=O)O2)cs1. The number of hydrogen-bond donors (Lipinski definition) is 2. The Hall–Kier alpha value is -1.68. The number of epoxide rings is 1. The molecule has 7 atom stereocenters. The number of esters is 1. The third-order valence-electron chi connectivity index (χ3n) is 8.03. The van der Waals surface area contributed by atoms with Gasteiger partial charge in [0.2, 0.25) is 0 Å². The fourth-order valence-corrected chi connectivity index (χ4v) is 6.09. The maximum absolute atomic E-state index is 15.2. The van der Waals surface area contributed by atoms with Crippen LogP contribution in [-0.2, 0) is 19.1 Å². The van der Waals surface area contributed by atoms with Crippen LogP contribution >= 0.6 is 11.3 Å². The minimum absolute atomic E-state index is 0.0503. The summed E-state index contributed by atoms with van der Waals surface area (Å²) < 4.78 is 26.5. The highest BCUT2D eigenvalue weighted by atomic mass is 32.1. The van der Waals surface area contributed by atoms with Gasteiger partial charge in [0.1, 0.15) is 11.6 Å².